The number of benzene rings is 1. The number of hydrogen-bond acceptors (Lipinski definition) is 4. The summed E-state index contributed by atoms with van der Waals surface area (Å²) in [7, 11) is 5.62. The van der Waals surface area contributed by atoms with Crippen molar-refractivity contribution in [3.05, 3.63) is 65.5 Å². The highest BCUT2D eigenvalue weighted by molar-refractivity contribution is 6.46. The van der Waals surface area contributed by atoms with Crippen molar-refractivity contribution in [2.24, 2.45) is 0 Å². The third-order valence-electron chi connectivity index (χ3n) is 5.01. The van der Waals surface area contributed by atoms with E-state index in [0.717, 1.165) is 18.5 Å². The van der Waals surface area contributed by atoms with Crippen LogP contribution in [0.15, 0.2) is 54.4 Å². The van der Waals surface area contributed by atoms with Gasteiger partial charge in [0, 0.05) is 30.2 Å². The minimum Gasteiger partial charge on any atom is -0.507 e. The van der Waals surface area contributed by atoms with Crippen molar-refractivity contribution in [2.75, 3.05) is 34.3 Å². The van der Waals surface area contributed by atoms with E-state index >= 15 is 0 Å². The molecule has 1 aromatic carbocycles. The molecule has 2 heterocycles. The number of aliphatic hydroxyl groups excluding tert-OH is 1. The second kappa shape index (κ2) is 8.87. The maximum atomic E-state index is 12.9. The summed E-state index contributed by atoms with van der Waals surface area (Å²) in [6, 6.07) is 9.83. The maximum absolute atomic E-state index is 12.9. The summed E-state index contributed by atoms with van der Waals surface area (Å²) >= 11 is 0. The smallest absolute Gasteiger partial charge is 0.295 e. The fourth-order valence-corrected chi connectivity index (χ4v) is 3.56. The van der Waals surface area contributed by atoms with E-state index in [0.29, 0.717) is 17.9 Å². The molecule has 1 aliphatic rings. The summed E-state index contributed by atoms with van der Waals surface area (Å²) in [6.07, 6.45) is 4.26. The van der Waals surface area contributed by atoms with Crippen LogP contribution in [0.2, 0.25) is 0 Å². The predicted octanol–water partition coefficient (Wildman–Crippen LogP) is 0.466. The Balaban J connectivity index is 2.07. The summed E-state index contributed by atoms with van der Waals surface area (Å²) in [6.45, 7) is 1.30. The lowest BCUT2D eigenvalue weighted by Gasteiger charge is -2.24. The highest BCUT2D eigenvalue weighted by Gasteiger charge is 2.46. The molecule has 0 bridgehead atoms. The Bertz CT molecular complexity index is 925. The van der Waals surface area contributed by atoms with Gasteiger partial charge in [0.2, 0.25) is 0 Å². The van der Waals surface area contributed by atoms with E-state index in [1.807, 2.05) is 26.2 Å². The zero-order valence-electron chi connectivity index (χ0n) is 16.9. The number of rotatable bonds is 7. The van der Waals surface area contributed by atoms with Crippen molar-refractivity contribution in [3.63, 3.8) is 0 Å². The molecule has 1 saturated heterocycles. The molecular formula is C22H27N3O4+2. The van der Waals surface area contributed by atoms with Crippen molar-refractivity contribution < 1.29 is 29.3 Å². The highest BCUT2D eigenvalue weighted by Crippen LogP contribution is 2.39. The summed E-state index contributed by atoms with van der Waals surface area (Å²) in [5.74, 6) is -0.896. The second-order valence-corrected chi connectivity index (χ2v) is 7.37. The largest absolute Gasteiger partial charge is 0.507 e. The number of nitrogens with zero attached hydrogens (tertiary/aromatic N) is 1. The average molecular weight is 397 g/mol. The van der Waals surface area contributed by atoms with Crippen LogP contribution in [0.25, 0.3) is 5.76 Å². The molecule has 0 spiro atoms. The Labute approximate surface area is 170 Å². The third-order valence-corrected chi connectivity index (χ3v) is 5.01. The number of aromatic nitrogens is 1. The zero-order valence-corrected chi connectivity index (χ0v) is 16.9. The molecule has 2 aromatic rings. The molecule has 1 unspecified atom stereocenters. The van der Waals surface area contributed by atoms with E-state index in [1.165, 1.54) is 12.0 Å². The number of Topliss-reactive ketones (excluding diaryl/α,β-unsaturated/α-hetero) is 1. The number of amides is 1. The average Bonchev–Trinajstić information content (AvgIpc) is 2.98. The van der Waals surface area contributed by atoms with Gasteiger partial charge in [0.25, 0.3) is 11.7 Å². The fourth-order valence-electron chi connectivity index (χ4n) is 3.56. The van der Waals surface area contributed by atoms with Crippen molar-refractivity contribution in [1.82, 2.24) is 4.90 Å². The number of pyridine rings is 1. The fraction of sp³-hybridized carbons (Fsp3) is 0.318. The van der Waals surface area contributed by atoms with Gasteiger partial charge in [-0.25, -0.2) is 4.98 Å². The van der Waals surface area contributed by atoms with Crippen LogP contribution in [-0.4, -0.2) is 56.0 Å². The van der Waals surface area contributed by atoms with Crippen LogP contribution in [0.3, 0.4) is 0 Å². The number of quaternary nitrogens is 1. The minimum absolute atomic E-state index is 0.0973. The Morgan fingerprint density at radius 1 is 1.24 bits per heavy atom. The quantitative estimate of drug-likeness (QED) is 0.404. The standard InChI is InChI=1S/C22H25N3O4/c1-24(2)11-6-12-25-19(16-8-5-10-23-14-16)18(21(27)22(25)28)20(26)15-7-4-9-17(13-15)29-3/h4-5,7-10,13-14,19,26H,6,11-12H2,1-3H3/p+2. The van der Waals surface area contributed by atoms with Crippen molar-refractivity contribution in [1.29, 1.82) is 0 Å². The van der Waals surface area contributed by atoms with Crippen molar-refractivity contribution >= 4 is 17.4 Å². The molecule has 3 N–H and O–H groups in total. The predicted molar refractivity (Wildman–Crippen MR) is 107 cm³/mol. The number of ketones is 1. The number of hydrogen-bond donors (Lipinski definition) is 2. The molecule has 1 fully saturated rings. The number of carbonyl (C=O) groups excluding carboxylic acids is 2. The van der Waals surface area contributed by atoms with Gasteiger partial charge in [0.15, 0.2) is 12.4 Å². The number of methoxy groups -OCH3 is 1. The maximum Gasteiger partial charge on any atom is 0.295 e. The number of likely N-dealkylation sites (tertiary alicyclic amines) is 1. The van der Waals surface area contributed by atoms with Crippen LogP contribution in [0.4, 0.5) is 0 Å². The number of H-pyrrole nitrogens is 1. The van der Waals surface area contributed by atoms with E-state index in [-0.39, 0.29) is 11.3 Å². The number of aromatic amines is 1. The number of ether oxygens (including phenoxy) is 1. The first kappa shape index (κ1) is 20.5. The molecule has 3 rings (SSSR count). The van der Waals surface area contributed by atoms with Gasteiger partial charge in [-0.15, -0.1) is 0 Å². The van der Waals surface area contributed by atoms with Gasteiger partial charge < -0.3 is 19.6 Å². The number of aliphatic hydroxyl groups is 1. The van der Waals surface area contributed by atoms with Gasteiger partial charge in [-0.05, 0) is 18.2 Å². The van der Waals surface area contributed by atoms with Crippen molar-refractivity contribution in [2.45, 2.75) is 12.5 Å². The third kappa shape index (κ3) is 4.30. The summed E-state index contributed by atoms with van der Waals surface area (Å²) in [4.78, 5) is 31.6. The molecule has 29 heavy (non-hydrogen) atoms. The Morgan fingerprint density at radius 2 is 2.03 bits per heavy atom. The van der Waals surface area contributed by atoms with Crippen LogP contribution in [0.1, 0.15) is 23.6 Å². The van der Waals surface area contributed by atoms with Gasteiger partial charge in [0.05, 0.1) is 39.4 Å². The first-order valence-electron chi connectivity index (χ1n) is 9.62. The van der Waals surface area contributed by atoms with Gasteiger partial charge in [-0.3, -0.25) is 9.59 Å². The van der Waals surface area contributed by atoms with Crippen LogP contribution < -0.4 is 14.6 Å². The Kier molecular flexibility index (Phi) is 6.29. The molecule has 1 aromatic heterocycles. The van der Waals surface area contributed by atoms with Gasteiger partial charge in [-0.1, -0.05) is 12.1 Å². The summed E-state index contributed by atoms with van der Waals surface area (Å²) in [5.41, 5.74) is 1.28. The van der Waals surface area contributed by atoms with E-state index in [4.69, 9.17) is 4.74 Å². The molecule has 1 aliphatic heterocycles. The van der Waals surface area contributed by atoms with E-state index in [1.54, 1.807) is 41.6 Å². The van der Waals surface area contributed by atoms with Crippen LogP contribution in [0, 0.1) is 0 Å². The summed E-state index contributed by atoms with van der Waals surface area (Å²) in [5, 5.41) is 11.0. The highest BCUT2D eigenvalue weighted by atomic mass is 16.5. The molecule has 0 radical (unpaired) electrons. The van der Waals surface area contributed by atoms with E-state index in [2.05, 4.69) is 4.98 Å². The van der Waals surface area contributed by atoms with Crippen LogP contribution in [0.5, 0.6) is 5.75 Å². The lowest BCUT2D eigenvalue weighted by Crippen LogP contribution is -3.05. The molecule has 7 heteroatoms. The summed E-state index contributed by atoms with van der Waals surface area (Å²) < 4.78 is 5.22. The molecule has 1 atom stereocenters. The molecule has 7 nitrogen and oxygen atoms in total. The van der Waals surface area contributed by atoms with Crippen LogP contribution >= 0.6 is 0 Å². The topological polar surface area (TPSA) is 85.4 Å². The molecule has 1 amide bonds. The van der Waals surface area contributed by atoms with Crippen LogP contribution in [-0.2, 0) is 9.59 Å². The monoisotopic (exact) mass is 397 g/mol. The Hall–Kier alpha value is -3.19. The normalized spacial score (nSPS) is 18.5. The molecule has 152 valence electrons. The zero-order chi connectivity index (χ0) is 21.0. The second-order valence-electron chi connectivity index (χ2n) is 7.37. The first-order valence-corrected chi connectivity index (χ1v) is 9.62. The lowest BCUT2D eigenvalue weighted by atomic mass is 9.96. The minimum atomic E-state index is -0.670. The van der Waals surface area contributed by atoms with E-state index in [9.17, 15) is 14.7 Å². The number of carbonyl (C=O) groups is 2. The van der Waals surface area contributed by atoms with Crippen molar-refractivity contribution in [3.8, 4) is 5.75 Å². The van der Waals surface area contributed by atoms with Gasteiger partial charge >= 0.3 is 0 Å². The van der Waals surface area contributed by atoms with Gasteiger partial charge in [0.1, 0.15) is 11.5 Å². The first-order chi connectivity index (χ1) is 13.9. The van der Waals surface area contributed by atoms with E-state index < -0.39 is 17.7 Å². The lowest BCUT2D eigenvalue weighted by molar-refractivity contribution is -0.858. The Morgan fingerprint density at radius 3 is 2.69 bits per heavy atom. The SMILES string of the molecule is COc1cccc(C(O)=C2C(=O)C(=O)N(CCC[NH+](C)C)C2c2ccc[nH+]c2)c1. The molecule has 0 aliphatic carbocycles. The molecular weight excluding hydrogens is 370 g/mol. The molecule has 0 saturated carbocycles. The number of nitrogens with one attached hydrogen (secondary N) is 2. The van der Waals surface area contributed by atoms with Gasteiger partial charge in [-0.2, -0.15) is 0 Å².